The molecular weight excluding hydrogens is 356 g/mol. The van der Waals surface area contributed by atoms with Gasteiger partial charge < -0.3 is 15.3 Å². The van der Waals surface area contributed by atoms with Crippen LogP contribution >= 0.6 is 11.6 Å². The molecule has 1 saturated heterocycles. The second-order valence-corrected chi connectivity index (χ2v) is 6.61. The molecule has 1 aliphatic rings. The lowest BCUT2D eigenvalue weighted by Crippen LogP contribution is -2.23. The van der Waals surface area contributed by atoms with Crippen LogP contribution in [0.5, 0.6) is 0 Å². The van der Waals surface area contributed by atoms with Crippen molar-refractivity contribution < 1.29 is 14.7 Å². The molecule has 1 amide bonds. The molecule has 7 nitrogen and oxygen atoms in total. The molecule has 2 aromatic rings. The van der Waals surface area contributed by atoms with E-state index in [-0.39, 0.29) is 10.7 Å². The Balaban J connectivity index is 1.81. The summed E-state index contributed by atoms with van der Waals surface area (Å²) in [6.07, 6.45) is 3.57. The number of aromatic nitrogens is 2. The summed E-state index contributed by atoms with van der Waals surface area (Å²) in [4.78, 5) is 34.3. The number of rotatable bonds is 5. The van der Waals surface area contributed by atoms with Gasteiger partial charge in [0.15, 0.2) is 5.69 Å². The fourth-order valence-electron chi connectivity index (χ4n) is 2.81. The van der Waals surface area contributed by atoms with Crippen LogP contribution in [0.15, 0.2) is 30.5 Å². The number of hydrogen-bond acceptors (Lipinski definition) is 5. The van der Waals surface area contributed by atoms with Crippen LogP contribution in [-0.2, 0) is 4.79 Å². The first kappa shape index (κ1) is 18.1. The van der Waals surface area contributed by atoms with Gasteiger partial charge in [-0.15, -0.1) is 0 Å². The molecule has 1 atom stereocenters. The van der Waals surface area contributed by atoms with E-state index in [1.54, 1.807) is 31.2 Å². The van der Waals surface area contributed by atoms with E-state index in [0.717, 1.165) is 25.9 Å². The number of halogens is 1. The minimum absolute atomic E-state index is 0.0975. The molecule has 8 heteroatoms. The zero-order valence-electron chi connectivity index (χ0n) is 14.3. The Hall–Kier alpha value is -2.67. The summed E-state index contributed by atoms with van der Waals surface area (Å²) in [5.41, 5.74) is 1.18. The molecule has 0 saturated carbocycles. The predicted octanol–water partition coefficient (Wildman–Crippen LogP) is 3.17. The molecule has 2 heterocycles. The number of nitrogens with one attached hydrogen (secondary N) is 1. The minimum Gasteiger partial charge on any atom is -0.481 e. The van der Waals surface area contributed by atoms with Gasteiger partial charge in [-0.3, -0.25) is 9.59 Å². The smallest absolute Gasteiger partial charge is 0.310 e. The zero-order valence-corrected chi connectivity index (χ0v) is 15.0. The summed E-state index contributed by atoms with van der Waals surface area (Å²) in [6, 6.07) is 6.72. The summed E-state index contributed by atoms with van der Waals surface area (Å²) in [5, 5.41) is 12.0. The number of carbonyl (C=O) groups is 2. The number of benzene rings is 1. The molecule has 1 fully saturated rings. The van der Waals surface area contributed by atoms with Crippen LogP contribution in [0.1, 0.15) is 41.7 Å². The van der Waals surface area contributed by atoms with Crippen LogP contribution in [0.25, 0.3) is 0 Å². The second-order valence-electron chi connectivity index (χ2n) is 6.20. The van der Waals surface area contributed by atoms with Gasteiger partial charge in [-0.05, 0) is 37.5 Å². The Bertz CT molecular complexity index is 837. The number of anilines is 2. The fourth-order valence-corrected chi connectivity index (χ4v) is 2.98. The lowest BCUT2D eigenvalue weighted by Gasteiger charge is -2.16. The third kappa shape index (κ3) is 3.94. The van der Waals surface area contributed by atoms with Crippen molar-refractivity contribution in [1.82, 2.24) is 9.97 Å². The van der Waals surface area contributed by atoms with E-state index in [9.17, 15) is 9.59 Å². The van der Waals surface area contributed by atoms with Gasteiger partial charge >= 0.3 is 5.97 Å². The summed E-state index contributed by atoms with van der Waals surface area (Å²) in [6.45, 7) is 3.31. The first-order valence-electron chi connectivity index (χ1n) is 8.37. The highest BCUT2D eigenvalue weighted by Crippen LogP contribution is 2.23. The molecule has 1 aromatic carbocycles. The Labute approximate surface area is 156 Å². The monoisotopic (exact) mass is 374 g/mol. The fraction of sp³-hybridized carbons (Fsp3) is 0.333. The third-order valence-corrected chi connectivity index (χ3v) is 4.63. The van der Waals surface area contributed by atoms with E-state index in [1.165, 1.54) is 6.20 Å². The summed E-state index contributed by atoms with van der Waals surface area (Å²) < 4.78 is 0. The molecule has 0 bridgehead atoms. The summed E-state index contributed by atoms with van der Waals surface area (Å²) in [5.74, 6) is -1.57. The van der Waals surface area contributed by atoms with E-state index >= 15 is 0 Å². The van der Waals surface area contributed by atoms with Gasteiger partial charge in [-0.1, -0.05) is 23.7 Å². The van der Waals surface area contributed by atoms with E-state index in [2.05, 4.69) is 15.3 Å². The van der Waals surface area contributed by atoms with Crippen molar-refractivity contribution in [3.8, 4) is 0 Å². The average molecular weight is 375 g/mol. The van der Waals surface area contributed by atoms with Gasteiger partial charge in [0.25, 0.3) is 5.91 Å². The van der Waals surface area contributed by atoms with Crippen molar-refractivity contribution >= 4 is 35.1 Å². The maximum absolute atomic E-state index is 12.6. The number of nitrogens with zero attached hydrogens (tertiary/aromatic N) is 3. The highest BCUT2D eigenvalue weighted by Gasteiger charge is 2.20. The van der Waals surface area contributed by atoms with Gasteiger partial charge in [0.05, 0.1) is 17.1 Å². The lowest BCUT2D eigenvalue weighted by molar-refractivity contribution is -0.138. The first-order chi connectivity index (χ1) is 12.5. The number of hydrogen-bond donors (Lipinski definition) is 2. The van der Waals surface area contributed by atoms with Gasteiger partial charge in [-0.25, -0.2) is 9.97 Å². The number of aliphatic carboxylic acids is 1. The molecule has 3 rings (SSSR count). The normalized spacial score (nSPS) is 14.9. The SMILES string of the molecule is CC(C(=O)O)c1cccc(NC(=O)c2nc(N3CCCC3)ncc2Cl)c1. The topological polar surface area (TPSA) is 95.4 Å². The van der Waals surface area contributed by atoms with E-state index in [0.29, 0.717) is 17.2 Å². The van der Waals surface area contributed by atoms with Crippen LogP contribution < -0.4 is 10.2 Å². The van der Waals surface area contributed by atoms with Crippen LogP contribution in [-0.4, -0.2) is 40.0 Å². The molecule has 1 aliphatic heterocycles. The highest BCUT2D eigenvalue weighted by atomic mass is 35.5. The van der Waals surface area contributed by atoms with Crippen molar-refractivity contribution in [3.63, 3.8) is 0 Å². The van der Waals surface area contributed by atoms with Gasteiger partial charge in [0, 0.05) is 18.8 Å². The first-order valence-corrected chi connectivity index (χ1v) is 8.75. The van der Waals surface area contributed by atoms with Crippen molar-refractivity contribution in [2.75, 3.05) is 23.3 Å². The molecule has 2 N–H and O–H groups in total. The van der Waals surface area contributed by atoms with Crippen molar-refractivity contribution in [1.29, 1.82) is 0 Å². The van der Waals surface area contributed by atoms with E-state index in [4.69, 9.17) is 16.7 Å². The molecule has 136 valence electrons. The number of carbonyl (C=O) groups excluding carboxylic acids is 1. The average Bonchev–Trinajstić information content (AvgIpc) is 3.16. The second kappa shape index (κ2) is 7.70. The Morgan fingerprint density at radius 2 is 2.04 bits per heavy atom. The number of carboxylic acids is 1. The zero-order chi connectivity index (χ0) is 18.7. The molecule has 0 aliphatic carbocycles. The Kier molecular flexibility index (Phi) is 5.37. The molecular formula is C18H19ClN4O3. The molecule has 1 aromatic heterocycles. The maximum atomic E-state index is 12.6. The summed E-state index contributed by atoms with van der Waals surface area (Å²) in [7, 11) is 0. The van der Waals surface area contributed by atoms with Gasteiger partial charge in [0.2, 0.25) is 5.95 Å². The molecule has 0 spiro atoms. The molecule has 1 unspecified atom stereocenters. The van der Waals surface area contributed by atoms with Crippen LogP contribution in [0.4, 0.5) is 11.6 Å². The van der Waals surface area contributed by atoms with Crippen molar-refractivity contribution in [2.45, 2.75) is 25.7 Å². The van der Waals surface area contributed by atoms with Gasteiger partial charge in [0.1, 0.15) is 0 Å². The Morgan fingerprint density at radius 3 is 2.73 bits per heavy atom. The standard InChI is InChI=1S/C18H19ClN4O3/c1-11(17(25)26)12-5-4-6-13(9-12)21-16(24)15-14(19)10-20-18(22-15)23-7-2-3-8-23/h4-6,9-11H,2-3,7-8H2,1H3,(H,21,24)(H,25,26). The largest absolute Gasteiger partial charge is 0.481 e. The Morgan fingerprint density at radius 1 is 1.31 bits per heavy atom. The maximum Gasteiger partial charge on any atom is 0.310 e. The van der Waals surface area contributed by atoms with Crippen molar-refractivity contribution in [2.24, 2.45) is 0 Å². The molecule has 26 heavy (non-hydrogen) atoms. The van der Waals surface area contributed by atoms with Crippen molar-refractivity contribution in [3.05, 3.63) is 46.7 Å². The van der Waals surface area contributed by atoms with Crippen LogP contribution in [0.3, 0.4) is 0 Å². The van der Waals surface area contributed by atoms with E-state index in [1.807, 2.05) is 4.90 Å². The van der Waals surface area contributed by atoms with Gasteiger partial charge in [-0.2, -0.15) is 0 Å². The third-order valence-electron chi connectivity index (χ3n) is 4.35. The van der Waals surface area contributed by atoms with Crippen LogP contribution in [0, 0.1) is 0 Å². The minimum atomic E-state index is -0.928. The van der Waals surface area contributed by atoms with E-state index < -0.39 is 17.8 Å². The highest BCUT2D eigenvalue weighted by molar-refractivity contribution is 6.34. The summed E-state index contributed by atoms with van der Waals surface area (Å²) >= 11 is 6.11. The lowest BCUT2D eigenvalue weighted by atomic mass is 10.0. The predicted molar refractivity (Wildman–Crippen MR) is 98.9 cm³/mol. The number of carboxylic acid groups (broad SMARTS) is 1. The van der Waals surface area contributed by atoms with Crippen LogP contribution in [0.2, 0.25) is 5.02 Å². The number of amides is 1. The quantitative estimate of drug-likeness (QED) is 0.834. The molecule has 0 radical (unpaired) electrons.